The number of thiophene rings is 1. The van der Waals surface area contributed by atoms with Crippen molar-refractivity contribution >= 4 is 57.0 Å². The number of hydrogen-bond donors (Lipinski definition) is 2. The molecule has 2 heterocycles. The highest BCUT2D eigenvalue weighted by Crippen LogP contribution is 2.34. The average Bonchev–Trinajstić information content (AvgIpc) is 2.71. The Kier molecular flexibility index (Phi) is 3.81. The molecule has 2 N–H and O–H groups in total. The number of aromatic amines is 1. The Hall–Kier alpha value is -1.34. The first-order valence-electron chi connectivity index (χ1n) is 6.24. The van der Waals surface area contributed by atoms with E-state index in [1.807, 2.05) is 13.8 Å². The summed E-state index contributed by atoms with van der Waals surface area (Å²) in [5, 5.41) is 10.4. The van der Waals surface area contributed by atoms with Crippen LogP contribution < -0.4 is 5.56 Å². The summed E-state index contributed by atoms with van der Waals surface area (Å²) in [6.45, 7) is 3.85. The third-order valence-electron chi connectivity index (χ3n) is 3.49. The lowest BCUT2D eigenvalue weighted by molar-refractivity contribution is 0.475. The maximum Gasteiger partial charge on any atom is 0.267 e. The normalized spacial score (nSPS) is 11.3. The minimum atomic E-state index is -0.238. The summed E-state index contributed by atoms with van der Waals surface area (Å²) in [6, 6.07) is 2.91. The molecule has 114 valence electrons. The number of phenolic OH excluding ortho intramolecular Hbond substituents is 1. The molecule has 2 aromatic heterocycles. The second-order valence-electron chi connectivity index (χ2n) is 4.82. The lowest BCUT2D eigenvalue weighted by Gasteiger charge is -2.09. The molecular weight excluding hydrogens is 363 g/mol. The first kappa shape index (κ1) is 15.6. The van der Waals surface area contributed by atoms with Crippen molar-refractivity contribution < 1.29 is 5.11 Å². The average molecular weight is 373 g/mol. The Balaban J connectivity index is 2.44. The number of benzene rings is 1. The van der Waals surface area contributed by atoms with E-state index in [0.29, 0.717) is 11.1 Å². The van der Waals surface area contributed by atoms with Gasteiger partial charge in [0.15, 0.2) is 10.5 Å². The molecule has 0 atom stereocenters. The zero-order valence-corrected chi connectivity index (χ0v) is 14.7. The van der Waals surface area contributed by atoms with E-state index in [1.165, 1.54) is 28.0 Å². The molecular formula is C14H10Cl2N2O2S2. The minimum absolute atomic E-state index is 0.0575. The van der Waals surface area contributed by atoms with Gasteiger partial charge < -0.3 is 10.1 Å². The summed E-state index contributed by atoms with van der Waals surface area (Å²) in [5.41, 5.74) is 1.09. The molecule has 0 spiro atoms. The van der Waals surface area contributed by atoms with Gasteiger partial charge in [0.1, 0.15) is 4.83 Å². The smallest absolute Gasteiger partial charge is 0.267 e. The van der Waals surface area contributed by atoms with Gasteiger partial charge in [-0.15, -0.1) is 11.3 Å². The number of hydrogen-bond acceptors (Lipinski definition) is 4. The fourth-order valence-electron chi connectivity index (χ4n) is 2.25. The van der Waals surface area contributed by atoms with Gasteiger partial charge in [-0.1, -0.05) is 23.2 Å². The second-order valence-corrected chi connectivity index (χ2v) is 7.24. The van der Waals surface area contributed by atoms with Gasteiger partial charge in [0, 0.05) is 4.88 Å². The van der Waals surface area contributed by atoms with Crippen molar-refractivity contribution in [2.24, 2.45) is 0 Å². The Morgan fingerprint density at radius 3 is 2.45 bits per heavy atom. The van der Waals surface area contributed by atoms with Gasteiger partial charge in [0.25, 0.3) is 5.56 Å². The molecule has 3 aromatic rings. The third kappa shape index (κ3) is 2.27. The van der Waals surface area contributed by atoms with Crippen LogP contribution in [0.15, 0.2) is 16.9 Å². The molecule has 0 aliphatic carbocycles. The van der Waals surface area contributed by atoms with Crippen LogP contribution in [0.4, 0.5) is 0 Å². The van der Waals surface area contributed by atoms with Crippen LogP contribution in [-0.2, 0) is 0 Å². The maximum atomic E-state index is 12.8. The lowest BCUT2D eigenvalue weighted by Crippen LogP contribution is -2.20. The van der Waals surface area contributed by atoms with Crippen LogP contribution >= 0.6 is 46.8 Å². The summed E-state index contributed by atoms with van der Waals surface area (Å²) < 4.78 is 1.57. The molecule has 0 bridgehead atoms. The van der Waals surface area contributed by atoms with E-state index >= 15 is 0 Å². The molecule has 0 aliphatic rings. The molecule has 0 aliphatic heterocycles. The molecule has 8 heteroatoms. The molecule has 0 fully saturated rings. The van der Waals surface area contributed by atoms with E-state index in [1.54, 1.807) is 0 Å². The molecule has 0 amide bonds. The van der Waals surface area contributed by atoms with Gasteiger partial charge in [-0.2, -0.15) is 0 Å². The van der Waals surface area contributed by atoms with Crippen LogP contribution in [0.2, 0.25) is 10.0 Å². The molecule has 0 radical (unpaired) electrons. The molecule has 0 saturated heterocycles. The van der Waals surface area contributed by atoms with E-state index in [-0.39, 0.29) is 26.1 Å². The van der Waals surface area contributed by atoms with Gasteiger partial charge in [0.05, 0.1) is 21.1 Å². The van der Waals surface area contributed by atoms with E-state index in [2.05, 4.69) is 4.98 Å². The summed E-state index contributed by atoms with van der Waals surface area (Å²) in [7, 11) is 0. The summed E-state index contributed by atoms with van der Waals surface area (Å²) in [6.07, 6.45) is 0. The number of fused-ring (bicyclic) bond motifs is 1. The van der Waals surface area contributed by atoms with Crippen LogP contribution in [0.5, 0.6) is 5.75 Å². The first-order valence-corrected chi connectivity index (χ1v) is 8.22. The van der Waals surface area contributed by atoms with Crippen LogP contribution in [0.3, 0.4) is 0 Å². The fourth-order valence-corrected chi connectivity index (χ4v) is 4.13. The molecule has 4 nitrogen and oxygen atoms in total. The van der Waals surface area contributed by atoms with Crippen molar-refractivity contribution in [2.75, 3.05) is 0 Å². The predicted octanol–water partition coefficient (Wildman–Crippen LogP) is 4.74. The molecule has 22 heavy (non-hydrogen) atoms. The van der Waals surface area contributed by atoms with Crippen molar-refractivity contribution in [1.29, 1.82) is 0 Å². The number of nitrogens with zero attached hydrogens (tertiary/aromatic N) is 1. The van der Waals surface area contributed by atoms with E-state index < -0.39 is 0 Å². The Morgan fingerprint density at radius 2 is 1.86 bits per heavy atom. The van der Waals surface area contributed by atoms with Gasteiger partial charge in [-0.05, 0) is 43.8 Å². The first-order chi connectivity index (χ1) is 10.3. The number of halogens is 2. The van der Waals surface area contributed by atoms with Crippen molar-refractivity contribution in [3.05, 3.63) is 47.7 Å². The quantitative estimate of drug-likeness (QED) is 0.606. The number of rotatable bonds is 1. The summed E-state index contributed by atoms with van der Waals surface area (Å²) in [4.78, 5) is 17.7. The van der Waals surface area contributed by atoms with E-state index in [0.717, 1.165) is 15.3 Å². The highest BCUT2D eigenvalue weighted by molar-refractivity contribution is 7.71. The summed E-state index contributed by atoms with van der Waals surface area (Å²) >= 11 is 18.6. The van der Waals surface area contributed by atoms with Gasteiger partial charge >= 0.3 is 0 Å². The number of H-pyrrole nitrogens is 1. The van der Waals surface area contributed by atoms with Crippen LogP contribution in [0.25, 0.3) is 15.9 Å². The van der Waals surface area contributed by atoms with Gasteiger partial charge in [-0.25, -0.2) is 0 Å². The van der Waals surface area contributed by atoms with Crippen LogP contribution in [0, 0.1) is 18.6 Å². The zero-order valence-electron chi connectivity index (χ0n) is 11.5. The standard InChI is InChI=1S/C14H10Cl2N2O2S2/c1-5-6(2)22-12-10(5)13(20)18(14(21)17-12)7-3-8(15)11(19)9(16)4-7/h3-4,19H,1-2H3,(H,17,21). The van der Waals surface area contributed by atoms with Crippen molar-refractivity contribution in [3.63, 3.8) is 0 Å². The number of aromatic hydroxyl groups is 1. The topological polar surface area (TPSA) is 58.0 Å². The largest absolute Gasteiger partial charge is 0.505 e. The van der Waals surface area contributed by atoms with Gasteiger partial charge in [0.2, 0.25) is 0 Å². The summed E-state index contributed by atoms with van der Waals surface area (Å²) in [5.74, 6) is -0.223. The Labute approximate surface area is 144 Å². The van der Waals surface area contributed by atoms with Crippen LogP contribution in [0.1, 0.15) is 10.4 Å². The monoisotopic (exact) mass is 372 g/mol. The SMILES string of the molecule is Cc1sc2[nH]c(=S)n(-c3cc(Cl)c(O)c(Cl)c3)c(=O)c2c1C. The Morgan fingerprint density at radius 1 is 1.27 bits per heavy atom. The van der Waals surface area contributed by atoms with Crippen LogP contribution in [-0.4, -0.2) is 14.7 Å². The van der Waals surface area contributed by atoms with Crippen molar-refractivity contribution in [3.8, 4) is 11.4 Å². The minimum Gasteiger partial charge on any atom is -0.505 e. The molecule has 0 unspecified atom stereocenters. The number of nitrogens with one attached hydrogen (secondary N) is 1. The highest BCUT2D eigenvalue weighted by atomic mass is 35.5. The fraction of sp³-hybridized carbons (Fsp3) is 0.143. The lowest BCUT2D eigenvalue weighted by atomic mass is 10.2. The van der Waals surface area contributed by atoms with E-state index in [4.69, 9.17) is 35.4 Å². The number of aromatic nitrogens is 2. The van der Waals surface area contributed by atoms with E-state index in [9.17, 15) is 9.90 Å². The second kappa shape index (κ2) is 5.38. The molecule has 0 saturated carbocycles. The predicted molar refractivity (Wildman–Crippen MR) is 93.8 cm³/mol. The third-order valence-corrected chi connectivity index (χ3v) is 5.47. The maximum absolute atomic E-state index is 12.8. The number of aryl methyl sites for hydroxylation is 2. The van der Waals surface area contributed by atoms with Crippen molar-refractivity contribution in [2.45, 2.75) is 13.8 Å². The van der Waals surface area contributed by atoms with Crippen molar-refractivity contribution in [1.82, 2.24) is 9.55 Å². The zero-order chi connectivity index (χ0) is 16.2. The number of phenols is 1. The highest BCUT2D eigenvalue weighted by Gasteiger charge is 2.15. The van der Waals surface area contributed by atoms with Gasteiger partial charge in [-0.3, -0.25) is 9.36 Å². The molecule has 1 aromatic carbocycles. The molecule has 3 rings (SSSR count). The Bertz CT molecular complexity index is 1010.